The number of methoxy groups -OCH3 is 2. The third kappa shape index (κ3) is 1.95. The van der Waals surface area contributed by atoms with Crippen LogP contribution >= 0.6 is 31.9 Å². The van der Waals surface area contributed by atoms with Gasteiger partial charge in [-0.05, 0) is 56.5 Å². The average molecular weight is 376 g/mol. The summed E-state index contributed by atoms with van der Waals surface area (Å²) in [7, 11) is 3.17. The highest BCUT2D eigenvalue weighted by molar-refractivity contribution is 9.11. The Kier molecular flexibility index (Phi) is 3.73. The molecule has 0 atom stereocenters. The van der Waals surface area contributed by atoms with E-state index >= 15 is 0 Å². The van der Waals surface area contributed by atoms with Gasteiger partial charge in [0.2, 0.25) is 0 Å². The highest BCUT2D eigenvalue weighted by Gasteiger charge is 2.18. The van der Waals surface area contributed by atoms with Crippen molar-refractivity contribution >= 4 is 42.6 Å². The predicted molar refractivity (Wildman–Crippen MR) is 78.9 cm³/mol. The van der Waals surface area contributed by atoms with E-state index in [1.807, 2.05) is 13.0 Å². The molecule has 2 aromatic rings. The molecule has 0 saturated carbocycles. The van der Waals surface area contributed by atoms with Crippen LogP contribution in [0.4, 0.5) is 0 Å². The first-order chi connectivity index (χ1) is 8.51. The van der Waals surface area contributed by atoms with E-state index in [1.165, 1.54) is 0 Å². The molecular weight excluding hydrogens is 364 g/mol. The first-order valence-corrected chi connectivity index (χ1v) is 6.82. The van der Waals surface area contributed by atoms with E-state index in [1.54, 1.807) is 20.3 Å². The van der Waals surface area contributed by atoms with E-state index in [0.29, 0.717) is 21.4 Å². The zero-order chi connectivity index (χ0) is 13.4. The number of aryl methyl sites for hydroxylation is 1. The zero-order valence-electron chi connectivity index (χ0n) is 10.2. The maximum Gasteiger partial charge on any atom is 0.141 e. The van der Waals surface area contributed by atoms with Crippen LogP contribution in [0.15, 0.2) is 21.1 Å². The van der Waals surface area contributed by atoms with Crippen LogP contribution < -0.4 is 9.47 Å². The normalized spacial score (nSPS) is 10.7. The van der Waals surface area contributed by atoms with E-state index in [4.69, 9.17) is 9.47 Å². The lowest BCUT2D eigenvalue weighted by Crippen LogP contribution is -1.93. The van der Waals surface area contributed by atoms with Gasteiger partial charge in [0.1, 0.15) is 17.2 Å². The Balaban J connectivity index is 3.02. The van der Waals surface area contributed by atoms with Crippen LogP contribution in [0.25, 0.3) is 10.8 Å². The lowest BCUT2D eigenvalue weighted by atomic mass is 10.0. The van der Waals surface area contributed by atoms with Crippen molar-refractivity contribution in [3.63, 3.8) is 0 Å². The molecule has 0 aliphatic rings. The standard InChI is InChI=1S/C13H12Br2O3/c1-6-4-7-10(12(16)11(6)15)9(17-2)5-8(14)13(7)18-3/h4-5,16H,1-3H3. The first-order valence-electron chi connectivity index (χ1n) is 5.23. The molecule has 0 aliphatic carbocycles. The number of phenols is 1. The summed E-state index contributed by atoms with van der Waals surface area (Å²) in [6.07, 6.45) is 0. The summed E-state index contributed by atoms with van der Waals surface area (Å²) in [6.45, 7) is 1.91. The summed E-state index contributed by atoms with van der Waals surface area (Å²) in [5.41, 5.74) is 0.929. The number of hydrogen-bond acceptors (Lipinski definition) is 3. The van der Waals surface area contributed by atoms with Gasteiger partial charge in [-0.1, -0.05) is 0 Å². The zero-order valence-corrected chi connectivity index (χ0v) is 13.3. The highest BCUT2D eigenvalue weighted by atomic mass is 79.9. The van der Waals surface area contributed by atoms with Crippen molar-refractivity contribution in [2.24, 2.45) is 0 Å². The summed E-state index contributed by atoms with van der Waals surface area (Å²) in [5, 5.41) is 11.7. The number of halogens is 2. The molecule has 0 aliphatic heterocycles. The fourth-order valence-corrected chi connectivity index (χ4v) is 2.85. The molecule has 0 radical (unpaired) electrons. The molecule has 0 saturated heterocycles. The summed E-state index contributed by atoms with van der Waals surface area (Å²) in [5.74, 6) is 1.43. The maximum absolute atomic E-state index is 10.3. The molecule has 0 amide bonds. The van der Waals surface area contributed by atoms with Gasteiger partial charge in [-0.25, -0.2) is 0 Å². The number of aromatic hydroxyl groups is 1. The number of ether oxygens (including phenoxy) is 2. The Labute approximate surface area is 122 Å². The van der Waals surface area contributed by atoms with Gasteiger partial charge in [0.25, 0.3) is 0 Å². The Morgan fingerprint density at radius 1 is 1.11 bits per heavy atom. The Bertz CT molecular complexity index is 624. The molecule has 3 nitrogen and oxygen atoms in total. The maximum atomic E-state index is 10.3. The van der Waals surface area contributed by atoms with Crippen molar-refractivity contribution in [3.8, 4) is 17.2 Å². The van der Waals surface area contributed by atoms with Crippen LogP contribution in [0.5, 0.6) is 17.2 Å². The molecule has 1 N–H and O–H groups in total. The van der Waals surface area contributed by atoms with Gasteiger partial charge in [0, 0.05) is 5.39 Å². The van der Waals surface area contributed by atoms with Crippen molar-refractivity contribution in [1.82, 2.24) is 0 Å². The van der Waals surface area contributed by atoms with Crippen LogP contribution in [-0.4, -0.2) is 19.3 Å². The van der Waals surface area contributed by atoms with E-state index in [9.17, 15) is 5.11 Å². The summed E-state index contributed by atoms with van der Waals surface area (Å²) in [6, 6.07) is 3.73. The number of phenolic OH excluding ortho intramolecular Hbond substituents is 1. The Morgan fingerprint density at radius 3 is 2.33 bits per heavy atom. The van der Waals surface area contributed by atoms with Gasteiger partial charge in [0.05, 0.1) is 28.6 Å². The molecular formula is C13H12Br2O3. The van der Waals surface area contributed by atoms with E-state index < -0.39 is 0 Å². The number of benzene rings is 2. The second kappa shape index (κ2) is 4.97. The fourth-order valence-electron chi connectivity index (χ4n) is 1.95. The van der Waals surface area contributed by atoms with Gasteiger partial charge in [-0.15, -0.1) is 0 Å². The van der Waals surface area contributed by atoms with Crippen molar-refractivity contribution in [2.75, 3.05) is 14.2 Å². The Hall–Kier alpha value is -0.940. The lowest BCUT2D eigenvalue weighted by molar-refractivity contribution is 0.405. The Morgan fingerprint density at radius 2 is 1.78 bits per heavy atom. The van der Waals surface area contributed by atoms with Gasteiger partial charge < -0.3 is 14.6 Å². The molecule has 0 spiro atoms. The minimum Gasteiger partial charge on any atom is -0.506 e. The molecule has 5 heteroatoms. The number of hydrogen-bond donors (Lipinski definition) is 1. The molecule has 0 aromatic heterocycles. The fraction of sp³-hybridized carbons (Fsp3) is 0.231. The van der Waals surface area contributed by atoms with Crippen molar-refractivity contribution in [3.05, 3.63) is 26.6 Å². The summed E-state index contributed by atoms with van der Waals surface area (Å²) in [4.78, 5) is 0. The third-order valence-electron chi connectivity index (χ3n) is 2.81. The third-order valence-corrected chi connectivity index (χ3v) is 4.40. The van der Waals surface area contributed by atoms with Crippen molar-refractivity contribution in [1.29, 1.82) is 0 Å². The minimum atomic E-state index is 0.160. The summed E-state index contributed by atoms with van der Waals surface area (Å²) >= 11 is 6.81. The smallest absolute Gasteiger partial charge is 0.141 e. The molecule has 2 aromatic carbocycles. The topological polar surface area (TPSA) is 38.7 Å². The second-order valence-corrected chi connectivity index (χ2v) is 5.52. The highest BCUT2D eigenvalue weighted by Crippen LogP contribution is 2.47. The lowest BCUT2D eigenvalue weighted by Gasteiger charge is -2.15. The first kappa shape index (κ1) is 13.5. The summed E-state index contributed by atoms with van der Waals surface area (Å²) < 4.78 is 12.1. The number of rotatable bonds is 2. The SMILES string of the molecule is COc1c(Br)cc(OC)c2c(O)c(Br)c(C)cc12. The molecule has 0 unspecified atom stereocenters. The number of fused-ring (bicyclic) bond motifs is 1. The molecule has 2 rings (SSSR count). The van der Waals surface area contributed by atoms with Crippen LogP contribution in [0.3, 0.4) is 0 Å². The van der Waals surface area contributed by atoms with E-state index in [0.717, 1.165) is 15.4 Å². The molecule has 0 fully saturated rings. The monoisotopic (exact) mass is 374 g/mol. The van der Waals surface area contributed by atoms with Gasteiger partial charge in [-0.3, -0.25) is 0 Å². The molecule has 18 heavy (non-hydrogen) atoms. The van der Waals surface area contributed by atoms with Gasteiger partial charge in [-0.2, -0.15) is 0 Å². The largest absolute Gasteiger partial charge is 0.506 e. The van der Waals surface area contributed by atoms with Gasteiger partial charge in [0.15, 0.2) is 0 Å². The average Bonchev–Trinajstić information content (AvgIpc) is 2.35. The van der Waals surface area contributed by atoms with Crippen LogP contribution in [-0.2, 0) is 0 Å². The molecule has 0 heterocycles. The van der Waals surface area contributed by atoms with Crippen LogP contribution in [0.2, 0.25) is 0 Å². The van der Waals surface area contributed by atoms with Gasteiger partial charge >= 0.3 is 0 Å². The predicted octanol–water partition coefficient (Wildman–Crippen LogP) is 4.40. The molecule has 0 bridgehead atoms. The van der Waals surface area contributed by atoms with E-state index in [-0.39, 0.29) is 5.75 Å². The van der Waals surface area contributed by atoms with E-state index in [2.05, 4.69) is 31.9 Å². The molecule has 96 valence electrons. The van der Waals surface area contributed by atoms with Crippen molar-refractivity contribution in [2.45, 2.75) is 6.92 Å². The second-order valence-electron chi connectivity index (χ2n) is 3.87. The van der Waals surface area contributed by atoms with Crippen LogP contribution in [0.1, 0.15) is 5.56 Å². The van der Waals surface area contributed by atoms with Crippen LogP contribution in [0, 0.1) is 6.92 Å². The van der Waals surface area contributed by atoms with Crippen molar-refractivity contribution < 1.29 is 14.6 Å². The minimum absolute atomic E-state index is 0.160. The quantitative estimate of drug-likeness (QED) is 0.845.